The minimum atomic E-state index is -3.96. The highest BCUT2D eigenvalue weighted by Crippen LogP contribution is 2.33. The van der Waals surface area contributed by atoms with Crippen molar-refractivity contribution in [2.75, 3.05) is 31.1 Å². The van der Waals surface area contributed by atoms with Crippen molar-refractivity contribution < 1.29 is 18.2 Å². The third-order valence-corrected chi connectivity index (χ3v) is 8.47. The summed E-state index contributed by atoms with van der Waals surface area (Å²) < 4.78 is 28.0. The number of aliphatic imine (C=N–C) groups is 1. The monoisotopic (exact) mass is 556 g/mol. The van der Waals surface area contributed by atoms with Crippen LogP contribution in [0.15, 0.2) is 44.4 Å². The molecule has 0 saturated carbocycles. The van der Waals surface area contributed by atoms with E-state index in [1.807, 2.05) is 0 Å². The lowest BCUT2D eigenvalue weighted by Gasteiger charge is -2.39. The average molecular weight is 557 g/mol. The van der Waals surface area contributed by atoms with Crippen LogP contribution in [0.1, 0.15) is 23.3 Å². The van der Waals surface area contributed by atoms with Crippen LogP contribution in [-0.2, 0) is 15.0 Å². The van der Waals surface area contributed by atoms with Crippen molar-refractivity contribution in [3.05, 3.63) is 45.1 Å². The standard InChI is InChI=1S/C19H22Cl2N10O4S/c1-9-10(20)2-3-11(12(9)30-35-24)36(33,34)31-6-4-19(5-7-31)8-25-18(29-19)28-17(32)13-15(22)27-16(23)14(21)26-13/h2-3H,1,4-8,24H2,(H4,22,23,27)(H2,25,28,29,32)/b30-12+. The van der Waals surface area contributed by atoms with E-state index in [0.29, 0.717) is 19.4 Å². The Morgan fingerprint density at radius 3 is 2.58 bits per heavy atom. The quantitative estimate of drug-likeness (QED) is 0.312. The van der Waals surface area contributed by atoms with Crippen LogP contribution >= 0.6 is 23.2 Å². The average Bonchev–Trinajstić information content (AvgIpc) is 3.21. The van der Waals surface area contributed by atoms with E-state index in [4.69, 9.17) is 40.6 Å². The Bertz CT molecular complexity index is 1360. The van der Waals surface area contributed by atoms with Gasteiger partial charge in [0.2, 0.25) is 10.0 Å². The van der Waals surface area contributed by atoms with Gasteiger partial charge in [-0.3, -0.25) is 15.1 Å². The Kier molecular flexibility index (Phi) is 6.94. The SMILES string of the molecule is C=C1C(Cl)=CC=C(S(=O)(=O)N2CCC3(CC2)CN=C(NC(=O)c2nc(Cl)c(N)nc2N)N3)/C1=N/ON. The van der Waals surface area contributed by atoms with Gasteiger partial charge in [0.05, 0.1) is 12.1 Å². The van der Waals surface area contributed by atoms with Crippen LogP contribution in [0.4, 0.5) is 11.6 Å². The molecule has 1 aliphatic carbocycles. The molecule has 2 aliphatic heterocycles. The molecule has 1 spiro atoms. The van der Waals surface area contributed by atoms with E-state index in [0.717, 1.165) is 0 Å². The van der Waals surface area contributed by atoms with E-state index >= 15 is 0 Å². The summed E-state index contributed by atoms with van der Waals surface area (Å²) >= 11 is 11.9. The normalized spacial score (nSPS) is 21.0. The number of nitrogens with zero attached hydrogens (tertiary/aromatic N) is 5. The second kappa shape index (κ2) is 9.67. The molecular formula is C19H22Cl2N10O4S. The number of carbonyl (C=O) groups excluding carboxylic acids is 1. The maximum Gasteiger partial charge on any atom is 0.280 e. The zero-order valence-corrected chi connectivity index (χ0v) is 21.0. The summed E-state index contributed by atoms with van der Waals surface area (Å²) in [5, 5.41) is 9.43. The second-order valence-electron chi connectivity index (χ2n) is 8.13. The molecule has 1 aromatic rings. The molecule has 1 aromatic heterocycles. The molecule has 1 saturated heterocycles. The summed E-state index contributed by atoms with van der Waals surface area (Å²) in [6, 6.07) is 0. The Morgan fingerprint density at radius 1 is 1.22 bits per heavy atom. The molecule has 3 heterocycles. The summed E-state index contributed by atoms with van der Waals surface area (Å²) in [6.45, 7) is 4.43. The lowest BCUT2D eigenvalue weighted by molar-refractivity contribution is 0.0971. The number of nitrogens with two attached hydrogens (primary N) is 3. The maximum atomic E-state index is 13.3. The van der Waals surface area contributed by atoms with Crippen LogP contribution in [0, 0.1) is 0 Å². The lowest BCUT2D eigenvalue weighted by atomic mass is 9.89. The van der Waals surface area contributed by atoms with E-state index in [1.54, 1.807) is 0 Å². The molecule has 3 aliphatic rings. The van der Waals surface area contributed by atoms with Crippen molar-refractivity contribution in [1.29, 1.82) is 0 Å². The lowest BCUT2D eigenvalue weighted by Crippen LogP contribution is -2.57. The first-order valence-corrected chi connectivity index (χ1v) is 12.6. The number of halogens is 2. The van der Waals surface area contributed by atoms with Crippen molar-refractivity contribution in [3.63, 3.8) is 0 Å². The van der Waals surface area contributed by atoms with Gasteiger partial charge in [0, 0.05) is 23.7 Å². The van der Waals surface area contributed by atoms with Gasteiger partial charge in [-0.05, 0) is 25.0 Å². The van der Waals surface area contributed by atoms with Gasteiger partial charge in [-0.25, -0.2) is 18.4 Å². The van der Waals surface area contributed by atoms with Crippen molar-refractivity contribution in [3.8, 4) is 0 Å². The van der Waals surface area contributed by atoms with E-state index in [-0.39, 0.29) is 62.8 Å². The van der Waals surface area contributed by atoms with Crippen molar-refractivity contribution in [1.82, 2.24) is 24.9 Å². The zero-order valence-electron chi connectivity index (χ0n) is 18.7. The Hall–Kier alpha value is -3.24. The van der Waals surface area contributed by atoms with Gasteiger partial charge in [0.25, 0.3) is 5.91 Å². The first kappa shape index (κ1) is 25.8. The Morgan fingerprint density at radius 2 is 1.92 bits per heavy atom. The summed E-state index contributed by atoms with van der Waals surface area (Å²) in [5.74, 6) is 4.29. The molecular weight excluding hydrogens is 535 g/mol. The molecule has 1 amide bonds. The minimum Gasteiger partial charge on any atom is -0.382 e. The van der Waals surface area contributed by atoms with Crippen molar-refractivity contribution in [2.45, 2.75) is 18.4 Å². The van der Waals surface area contributed by atoms with Gasteiger partial charge in [-0.1, -0.05) is 34.9 Å². The van der Waals surface area contributed by atoms with Crippen LogP contribution in [0.25, 0.3) is 0 Å². The summed E-state index contributed by atoms with van der Waals surface area (Å²) in [5.41, 5.74) is 10.6. The molecule has 14 nitrogen and oxygen atoms in total. The fraction of sp³-hybridized carbons (Fsp3) is 0.316. The van der Waals surface area contributed by atoms with Crippen molar-refractivity contribution >= 4 is 62.4 Å². The number of sulfonamides is 1. The number of hydrogen-bond donors (Lipinski definition) is 5. The highest BCUT2D eigenvalue weighted by Gasteiger charge is 2.43. The fourth-order valence-electron chi connectivity index (χ4n) is 3.93. The third-order valence-electron chi connectivity index (χ3n) is 5.91. The third kappa shape index (κ3) is 4.75. The van der Waals surface area contributed by atoms with E-state index < -0.39 is 21.5 Å². The Labute approximate surface area is 215 Å². The number of piperidine rings is 1. The number of anilines is 2. The number of nitrogens with one attached hydrogen (secondary N) is 2. The van der Waals surface area contributed by atoms with E-state index in [2.05, 4.69) is 42.3 Å². The zero-order chi connectivity index (χ0) is 26.3. The molecule has 8 N–H and O–H groups in total. The second-order valence-corrected chi connectivity index (χ2v) is 10.8. The molecule has 0 bridgehead atoms. The van der Waals surface area contributed by atoms with Gasteiger partial charge >= 0.3 is 0 Å². The predicted molar refractivity (Wildman–Crippen MR) is 135 cm³/mol. The number of rotatable bonds is 4. The van der Waals surface area contributed by atoms with Crippen LogP contribution < -0.4 is 28.0 Å². The van der Waals surface area contributed by atoms with Gasteiger partial charge in [0.15, 0.2) is 28.4 Å². The predicted octanol–water partition coefficient (Wildman–Crippen LogP) is -0.0295. The molecule has 192 valence electrons. The smallest absolute Gasteiger partial charge is 0.280 e. The van der Waals surface area contributed by atoms with Crippen molar-refractivity contribution in [2.24, 2.45) is 16.0 Å². The maximum absolute atomic E-state index is 13.3. The van der Waals surface area contributed by atoms with Gasteiger partial charge in [0.1, 0.15) is 10.6 Å². The molecule has 0 unspecified atom stereocenters. The molecule has 4 rings (SSSR count). The van der Waals surface area contributed by atoms with Gasteiger partial charge < -0.3 is 21.7 Å². The highest BCUT2D eigenvalue weighted by atomic mass is 35.5. The first-order chi connectivity index (χ1) is 17.0. The largest absolute Gasteiger partial charge is 0.382 e. The summed E-state index contributed by atoms with van der Waals surface area (Å²) in [6.07, 6.45) is 3.58. The van der Waals surface area contributed by atoms with Crippen LogP contribution in [0.5, 0.6) is 0 Å². The molecule has 36 heavy (non-hydrogen) atoms. The number of nitrogen functional groups attached to an aromatic ring is 2. The molecule has 0 atom stereocenters. The number of amides is 1. The number of hydrogen-bond acceptors (Lipinski definition) is 12. The molecule has 1 fully saturated rings. The first-order valence-electron chi connectivity index (χ1n) is 10.4. The number of allylic oxidation sites excluding steroid dienone is 5. The molecule has 17 heteroatoms. The minimum absolute atomic E-state index is 0.0669. The molecule has 0 aromatic carbocycles. The number of carbonyl (C=O) groups is 1. The fourth-order valence-corrected chi connectivity index (χ4v) is 5.80. The number of guanidine groups is 1. The number of oxime groups is 1. The number of aromatic nitrogens is 2. The van der Waals surface area contributed by atoms with Gasteiger partial charge in [-0.15, -0.1) is 5.90 Å². The summed E-state index contributed by atoms with van der Waals surface area (Å²) in [4.78, 5) is 28.8. The topological polar surface area (TPSA) is 216 Å². The summed E-state index contributed by atoms with van der Waals surface area (Å²) in [7, 11) is -3.96. The molecule has 0 radical (unpaired) electrons. The van der Waals surface area contributed by atoms with Crippen LogP contribution in [0.3, 0.4) is 0 Å². The van der Waals surface area contributed by atoms with Crippen LogP contribution in [-0.4, -0.2) is 65.4 Å². The van der Waals surface area contributed by atoms with Gasteiger partial charge in [-0.2, -0.15) is 4.31 Å². The van der Waals surface area contributed by atoms with E-state index in [1.165, 1.54) is 16.5 Å². The Balaban J connectivity index is 1.42. The van der Waals surface area contributed by atoms with Crippen LogP contribution in [0.2, 0.25) is 5.15 Å². The van der Waals surface area contributed by atoms with E-state index in [9.17, 15) is 13.2 Å². The highest BCUT2D eigenvalue weighted by molar-refractivity contribution is 7.94.